The van der Waals surface area contributed by atoms with Crippen molar-refractivity contribution < 1.29 is 18.7 Å². The highest BCUT2D eigenvalue weighted by Crippen LogP contribution is 2.44. The molecule has 0 aliphatic heterocycles. The van der Waals surface area contributed by atoms with Gasteiger partial charge in [-0.25, -0.2) is 4.98 Å². The molecular formula is C27H33Cl2N2O3+. The molecule has 1 atom stereocenters. The molecule has 0 bridgehead atoms. The van der Waals surface area contributed by atoms with Gasteiger partial charge in [0.2, 0.25) is 5.89 Å². The molecule has 7 heteroatoms. The molecular weight excluding hydrogens is 471 g/mol. The highest BCUT2D eigenvalue weighted by atomic mass is 35.5. The summed E-state index contributed by atoms with van der Waals surface area (Å²) in [5.41, 5.74) is -0.343. The van der Waals surface area contributed by atoms with Crippen LogP contribution in [0.15, 0.2) is 59.1 Å². The summed E-state index contributed by atoms with van der Waals surface area (Å²) in [6.07, 6.45) is 6.84. The number of halogens is 2. The Morgan fingerprint density at radius 1 is 1.09 bits per heavy atom. The minimum Gasteiger partial charge on any atom is -0.493 e. The zero-order valence-electron chi connectivity index (χ0n) is 19.8. The van der Waals surface area contributed by atoms with E-state index in [0.29, 0.717) is 39.3 Å². The summed E-state index contributed by atoms with van der Waals surface area (Å²) in [6, 6.07) is 15.1. The summed E-state index contributed by atoms with van der Waals surface area (Å²) >= 11 is 12.0. The van der Waals surface area contributed by atoms with Crippen molar-refractivity contribution in [3.05, 3.63) is 82.0 Å². The van der Waals surface area contributed by atoms with Crippen molar-refractivity contribution in [2.45, 2.75) is 44.2 Å². The molecule has 34 heavy (non-hydrogen) atoms. The van der Waals surface area contributed by atoms with Crippen LogP contribution in [0.1, 0.15) is 49.3 Å². The Labute approximate surface area is 211 Å². The van der Waals surface area contributed by atoms with E-state index in [2.05, 4.69) is 19.1 Å². The molecule has 4 rings (SSSR count). The molecule has 1 aliphatic carbocycles. The average molecular weight is 504 g/mol. The first-order valence-corrected chi connectivity index (χ1v) is 12.7. The molecule has 1 aliphatic rings. The van der Waals surface area contributed by atoms with Gasteiger partial charge in [0, 0.05) is 18.4 Å². The van der Waals surface area contributed by atoms with Crippen LogP contribution in [0, 0.1) is 5.92 Å². The molecule has 1 saturated carbocycles. The predicted octanol–water partition coefficient (Wildman–Crippen LogP) is 6.45. The summed E-state index contributed by atoms with van der Waals surface area (Å²) in [5, 5.41) is 12.9. The van der Waals surface area contributed by atoms with Gasteiger partial charge in [0.25, 0.3) is 0 Å². The van der Waals surface area contributed by atoms with Crippen LogP contribution in [0.3, 0.4) is 0 Å². The highest BCUT2D eigenvalue weighted by Gasteiger charge is 2.45. The molecule has 182 valence electrons. The Bertz CT molecular complexity index is 1080. The summed E-state index contributed by atoms with van der Waals surface area (Å²) in [6.45, 7) is 2.15. The third-order valence-corrected chi connectivity index (χ3v) is 7.43. The van der Waals surface area contributed by atoms with Crippen molar-refractivity contribution in [3.63, 3.8) is 0 Å². The van der Waals surface area contributed by atoms with E-state index in [0.717, 1.165) is 50.0 Å². The van der Waals surface area contributed by atoms with Crippen LogP contribution in [0.2, 0.25) is 10.0 Å². The van der Waals surface area contributed by atoms with Gasteiger partial charge >= 0.3 is 0 Å². The monoisotopic (exact) mass is 503 g/mol. The minimum absolute atomic E-state index is 0.113. The first kappa shape index (κ1) is 25.1. The highest BCUT2D eigenvalue weighted by molar-refractivity contribution is 6.42. The Balaban J connectivity index is 1.39. The van der Waals surface area contributed by atoms with Crippen LogP contribution in [0.25, 0.3) is 0 Å². The van der Waals surface area contributed by atoms with Crippen molar-refractivity contribution in [2.75, 3.05) is 27.2 Å². The maximum atomic E-state index is 11.9. The maximum absolute atomic E-state index is 11.9. The van der Waals surface area contributed by atoms with E-state index < -0.39 is 5.60 Å². The number of hydrogen-bond acceptors (Lipinski definition) is 4. The molecule has 5 nitrogen and oxygen atoms in total. The maximum Gasteiger partial charge on any atom is 0.231 e. The number of rotatable bonds is 10. The summed E-state index contributed by atoms with van der Waals surface area (Å²) in [4.78, 5) is 4.57. The molecule has 0 spiro atoms. The Hall–Kier alpha value is -2.05. The normalized spacial score (nSPS) is 16.5. The second-order valence-electron chi connectivity index (χ2n) is 9.84. The quantitative estimate of drug-likeness (QED) is 0.255. The lowest BCUT2D eigenvalue weighted by molar-refractivity contribution is -0.904. The molecule has 2 aromatic carbocycles. The molecule has 1 unspecified atom stereocenters. The number of ether oxygens (including phenoxy) is 1. The van der Waals surface area contributed by atoms with Gasteiger partial charge in [0.05, 0.1) is 43.5 Å². The molecule has 0 radical (unpaired) electrons. The number of benzene rings is 2. The molecule has 0 saturated heterocycles. The van der Waals surface area contributed by atoms with Gasteiger partial charge < -0.3 is 18.7 Å². The van der Waals surface area contributed by atoms with E-state index in [4.69, 9.17) is 32.4 Å². The minimum atomic E-state index is -1.19. The zero-order valence-corrected chi connectivity index (χ0v) is 21.4. The van der Waals surface area contributed by atoms with Crippen LogP contribution in [-0.4, -0.2) is 41.8 Å². The molecule has 1 fully saturated rings. The van der Waals surface area contributed by atoms with E-state index in [9.17, 15) is 5.11 Å². The van der Waals surface area contributed by atoms with Gasteiger partial charge in [-0.3, -0.25) is 0 Å². The van der Waals surface area contributed by atoms with Gasteiger partial charge in [-0.1, -0.05) is 66.4 Å². The third-order valence-electron chi connectivity index (χ3n) is 6.69. The van der Waals surface area contributed by atoms with E-state index in [-0.39, 0.29) is 5.92 Å². The van der Waals surface area contributed by atoms with Crippen LogP contribution >= 0.6 is 23.2 Å². The topological polar surface area (TPSA) is 55.5 Å². The van der Waals surface area contributed by atoms with Gasteiger partial charge in [0.1, 0.15) is 12.3 Å². The summed E-state index contributed by atoms with van der Waals surface area (Å²) in [7, 11) is 4.31. The van der Waals surface area contributed by atoms with Crippen LogP contribution < -0.4 is 4.74 Å². The first-order valence-electron chi connectivity index (χ1n) is 11.9. The van der Waals surface area contributed by atoms with E-state index in [1.807, 2.05) is 36.4 Å². The Morgan fingerprint density at radius 2 is 1.82 bits per heavy atom. The second-order valence-corrected chi connectivity index (χ2v) is 10.7. The van der Waals surface area contributed by atoms with Gasteiger partial charge in [0.15, 0.2) is 11.4 Å². The molecule has 1 N–H and O–H groups in total. The lowest BCUT2D eigenvalue weighted by Crippen LogP contribution is -2.40. The largest absolute Gasteiger partial charge is 0.493 e. The lowest BCUT2D eigenvalue weighted by Gasteiger charge is -2.32. The number of oxazole rings is 1. The summed E-state index contributed by atoms with van der Waals surface area (Å²) < 4.78 is 12.8. The number of quaternary nitrogens is 1. The van der Waals surface area contributed by atoms with Crippen molar-refractivity contribution in [2.24, 2.45) is 5.92 Å². The fraction of sp³-hybridized carbons (Fsp3) is 0.444. The summed E-state index contributed by atoms with van der Waals surface area (Å²) in [5.74, 6) is 2.01. The van der Waals surface area contributed by atoms with Crippen molar-refractivity contribution in [1.29, 1.82) is 0 Å². The van der Waals surface area contributed by atoms with Gasteiger partial charge in [-0.2, -0.15) is 0 Å². The number of aliphatic hydroxyl groups is 1. The van der Waals surface area contributed by atoms with E-state index >= 15 is 0 Å². The van der Waals surface area contributed by atoms with Gasteiger partial charge in [-0.05, 0) is 30.5 Å². The van der Waals surface area contributed by atoms with E-state index in [1.165, 1.54) is 0 Å². The van der Waals surface area contributed by atoms with Crippen LogP contribution in [-0.2, 0) is 12.1 Å². The average Bonchev–Trinajstić information content (AvgIpc) is 3.52. The zero-order chi connectivity index (χ0) is 24.2. The predicted molar refractivity (Wildman–Crippen MR) is 135 cm³/mol. The van der Waals surface area contributed by atoms with Gasteiger partial charge in [-0.15, -0.1) is 0 Å². The Morgan fingerprint density at radius 3 is 2.53 bits per heavy atom. The molecule has 0 amide bonds. The number of nitrogens with zero attached hydrogens (tertiary/aromatic N) is 2. The van der Waals surface area contributed by atoms with E-state index in [1.54, 1.807) is 18.3 Å². The fourth-order valence-corrected chi connectivity index (χ4v) is 5.16. The lowest BCUT2D eigenvalue weighted by atomic mass is 9.80. The molecule has 1 heterocycles. The molecule has 1 aromatic heterocycles. The SMILES string of the molecule is C[N+](C)(CCCOc1ccc(Cl)c(Cl)c1)Cc1cnc(C(O)(c2ccccc2)C2CCCC2)o1. The fourth-order valence-electron chi connectivity index (χ4n) is 4.88. The Kier molecular flexibility index (Phi) is 7.88. The molecule has 3 aromatic rings. The van der Waals surface area contributed by atoms with Crippen LogP contribution in [0.5, 0.6) is 5.75 Å². The van der Waals surface area contributed by atoms with Crippen molar-refractivity contribution >= 4 is 23.2 Å². The number of aromatic nitrogens is 1. The number of hydrogen-bond donors (Lipinski definition) is 1. The van der Waals surface area contributed by atoms with Crippen molar-refractivity contribution in [1.82, 2.24) is 4.98 Å². The standard InChI is InChI=1S/C27H33Cl2N2O3/c1-31(2,15-8-16-33-22-13-14-24(28)25(29)17-22)19-23-18-30-26(34-23)27(32,21-11-6-7-12-21)20-9-4-3-5-10-20/h3-5,9-10,13-14,17-18,21,32H,6-8,11-12,15-16,19H2,1-2H3/q+1. The van der Waals surface area contributed by atoms with Crippen molar-refractivity contribution in [3.8, 4) is 5.75 Å². The first-order chi connectivity index (χ1) is 16.3. The second kappa shape index (κ2) is 10.7. The smallest absolute Gasteiger partial charge is 0.231 e. The third kappa shape index (κ3) is 5.77. The van der Waals surface area contributed by atoms with Crippen LogP contribution in [0.4, 0.5) is 0 Å².